The molecule has 1 aliphatic carbocycles. The zero-order chi connectivity index (χ0) is 19.1. The normalized spacial score (nSPS) is 29.1. The van der Waals surface area contributed by atoms with E-state index < -0.39 is 36.7 Å². The summed E-state index contributed by atoms with van der Waals surface area (Å²) in [6.45, 7) is 0. The predicted octanol–water partition coefficient (Wildman–Crippen LogP) is 0.493. The Hall–Kier alpha value is -2.49. The summed E-state index contributed by atoms with van der Waals surface area (Å²) in [5, 5.41) is 38.5. The van der Waals surface area contributed by atoms with Crippen LogP contribution in [0.25, 0.3) is 11.1 Å². The van der Waals surface area contributed by atoms with Crippen LogP contribution in [0.3, 0.4) is 0 Å². The molecule has 142 valence electrons. The molecule has 0 bridgehead atoms. The van der Waals surface area contributed by atoms with Crippen molar-refractivity contribution < 1.29 is 34.8 Å². The van der Waals surface area contributed by atoms with Gasteiger partial charge in [0, 0.05) is 0 Å². The number of aliphatic carboxylic acids is 1. The van der Waals surface area contributed by atoms with Crippen molar-refractivity contribution >= 4 is 11.7 Å². The maximum Gasteiger partial charge on any atom is 0.335 e. The van der Waals surface area contributed by atoms with E-state index in [0.717, 1.165) is 17.5 Å². The maximum absolute atomic E-state index is 11.1. The third-order valence-electron chi connectivity index (χ3n) is 4.90. The summed E-state index contributed by atoms with van der Waals surface area (Å²) in [5.41, 5.74) is 7.87. The smallest absolute Gasteiger partial charge is 0.335 e. The van der Waals surface area contributed by atoms with E-state index in [0.29, 0.717) is 5.69 Å². The van der Waals surface area contributed by atoms with Gasteiger partial charge in [0.25, 0.3) is 0 Å². The van der Waals surface area contributed by atoms with Crippen LogP contribution >= 0.6 is 0 Å². The number of carboxylic acid groups (broad SMARTS) is 1. The molecule has 0 aromatic heterocycles. The molecule has 0 radical (unpaired) electrons. The van der Waals surface area contributed by atoms with E-state index in [9.17, 15) is 20.1 Å². The summed E-state index contributed by atoms with van der Waals surface area (Å²) in [6, 6.07) is 13.8. The lowest BCUT2D eigenvalue weighted by Crippen LogP contribution is -2.60. The van der Waals surface area contributed by atoms with Crippen molar-refractivity contribution in [1.29, 1.82) is 0 Å². The van der Waals surface area contributed by atoms with Gasteiger partial charge < -0.3 is 25.2 Å². The molecule has 8 heteroatoms. The fourth-order valence-electron chi connectivity index (χ4n) is 3.48. The zero-order valence-electron chi connectivity index (χ0n) is 14.1. The second kappa shape index (κ2) is 6.91. The van der Waals surface area contributed by atoms with Crippen LogP contribution in [0.1, 0.15) is 11.1 Å². The molecule has 5 N–H and O–H groups in total. The topological polar surface area (TPSA) is 128 Å². The maximum atomic E-state index is 11.1. The Morgan fingerprint density at radius 3 is 2.52 bits per heavy atom. The number of carbonyl (C=O) groups is 1. The molecule has 0 spiro atoms. The molecule has 1 fully saturated rings. The summed E-state index contributed by atoms with van der Waals surface area (Å²) in [4.78, 5) is 16.4. The van der Waals surface area contributed by atoms with Gasteiger partial charge in [0.2, 0.25) is 6.29 Å². The molecule has 27 heavy (non-hydrogen) atoms. The van der Waals surface area contributed by atoms with Crippen molar-refractivity contribution in [3.05, 3.63) is 53.6 Å². The van der Waals surface area contributed by atoms with Crippen LogP contribution in [0.2, 0.25) is 0 Å². The molecule has 2 aliphatic rings. The number of carboxylic acids is 1. The van der Waals surface area contributed by atoms with Gasteiger partial charge in [-0.25, -0.2) is 9.63 Å². The molecular formula is C19H19NO7. The van der Waals surface area contributed by atoms with Crippen LogP contribution in [0.15, 0.2) is 42.5 Å². The number of nitrogens with one attached hydrogen (secondary N) is 1. The number of ether oxygens (including phenoxy) is 1. The zero-order valence-corrected chi connectivity index (χ0v) is 14.1. The molecule has 2 aromatic carbocycles. The fraction of sp³-hybridized carbons (Fsp3) is 0.316. The van der Waals surface area contributed by atoms with Crippen molar-refractivity contribution in [2.45, 2.75) is 37.1 Å². The lowest BCUT2D eigenvalue weighted by Gasteiger charge is -2.38. The number of fused-ring (bicyclic) bond motifs is 3. The highest BCUT2D eigenvalue weighted by Crippen LogP contribution is 2.37. The molecular weight excluding hydrogens is 354 g/mol. The first-order valence-electron chi connectivity index (χ1n) is 8.51. The highest BCUT2D eigenvalue weighted by Gasteiger charge is 2.47. The summed E-state index contributed by atoms with van der Waals surface area (Å²) in [5.74, 6) is -1.46. The van der Waals surface area contributed by atoms with Crippen LogP contribution in [-0.2, 0) is 20.8 Å². The third kappa shape index (κ3) is 3.18. The van der Waals surface area contributed by atoms with Crippen molar-refractivity contribution in [2.24, 2.45) is 0 Å². The Kier molecular flexibility index (Phi) is 4.58. The highest BCUT2D eigenvalue weighted by molar-refractivity contribution is 5.78. The molecule has 4 rings (SSSR count). The van der Waals surface area contributed by atoms with E-state index in [2.05, 4.69) is 17.6 Å². The monoisotopic (exact) mass is 373 g/mol. The second-order valence-corrected chi connectivity index (χ2v) is 6.66. The molecule has 0 saturated carbocycles. The summed E-state index contributed by atoms with van der Waals surface area (Å²) >= 11 is 0. The number of benzene rings is 2. The standard InChI is InChI=1S/C19H19NO7/c21-14-15(22)17(18(24)25)26-19(16(14)23)27-20-11-5-6-13-10(8-11)7-9-3-1-2-4-12(9)13/h1-6,8,14-17,19-23H,7H2,(H,24,25)/t14-,15-,16+,17-,19-/m0/s1. The summed E-state index contributed by atoms with van der Waals surface area (Å²) < 4.78 is 5.06. The minimum absolute atomic E-state index is 0.588. The Labute approximate surface area is 154 Å². The molecule has 0 unspecified atom stereocenters. The van der Waals surface area contributed by atoms with Gasteiger partial charge in [-0.05, 0) is 40.8 Å². The Morgan fingerprint density at radius 2 is 1.74 bits per heavy atom. The SMILES string of the molecule is O=C(O)[C@H]1O[C@@H](ONc2ccc3c(c2)Cc2ccccc2-3)[C@H](O)[C@@H](O)[C@@H]1O. The van der Waals surface area contributed by atoms with Gasteiger partial charge in [-0.3, -0.25) is 5.48 Å². The summed E-state index contributed by atoms with van der Waals surface area (Å²) in [7, 11) is 0. The number of hydrogen-bond donors (Lipinski definition) is 5. The lowest BCUT2D eigenvalue weighted by atomic mass is 9.99. The number of aliphatic hydroxyl groups is 3. The van der Waals surface area contributed by atoms with Gasteiger partial charge in [0.05, 0.1) is 5.69 Å². The Bertz CT molecular complexity index is 871. The largest absolute Gasteiger partial charge is 0.479 e. The van der Waals surface area contributed by atoms with Gasteiger partial charge in [-0.2, -0.15) is 0 Å². The van der Waals surface area contributed by atoms with Crippen molar-refractivity contribution in [3.63, 3.8) is 0 Å². The van der Waals surface area contributed by atoms with Gasteiger partial charge in [-0.1, -0.05) is 30.3 Å². The molecule has 8 nitrogen and oxygen atoms in total. The minimum Gasteiger partial charge on any atom is -0.479 e. The number of anilines is 1. The van der Waals surface area contributed by atoms with Crippen molar-refractivity contribution in [2.75, 3.05) is 5.48 Å². The van der Waals surface area contributed by atoms with E-state index in [1.165, 1.54) is 11.1 Å². The van der Waals surface area contributed by atoms with Gasteiger partial charge in [0.15, 0.2) is 6.10 Å². The van der Waals surface area contributed by atoms with Crippen LogP contribution in [-0.4, -0.2) is 57.1 Å². The van der Waals surface area contributed by atoms with Crippen LogP contribution in [0.4, 0.5) is 5.69 Å². The Morgan fingerprint density at radius 1 is 1.00 bits per heavy atom. The molecule has 1 aliphatic heterocycles. The predicted molar refractivity (Wildman–Crippen MR) is 93.7 cm³/mol. The minimum atomic E-state index is -1.75. The molecule has 5 atom stereocenters. The van der Waals surface area contributed by atoms with E-state index in [-0.39, 0.29) is 0 Å². The highest BCUT2D eigenvalue weighted by atomic mass is 16.8. The number of rotatable bonds is 4. The second-order valence-electron chi connectivity index (χ2n) is 6.66. The van der Waals surface area contributed by atoms with Crippen molar-refractivity contribution in [1.82, 2.24) is 0 Å². The first kappa shape index (κ1) is 17.9. The van der Waals surface area contributed by atoms with Gasteiger partial charge in [0.1, 0.15) is 18.3 Å². The van der Waals surface area contributed by atoms with Crippen LogP contribution in [0.5, 0.6) is 0 Å². The molecule has 2 aromatic rings. The first-order valence-corrected chi connectivity index (χ1v) is 8.51. The third-order valence-corrected chi connectivity index (χ3v) is 4.90. The molecule has 0 amide bonds. The van der Waals surface area contributed by atoms with Crippen LogP contribution in [0, 0.1) is 0 Å². The average molecular weight is 373 g/mol. The van der Waals surface area contributed by atoms with Crippen LogP contribution < -0.4 is 5.48 Å². The van der Waals surface area contributed by atoms with Crippen molar-refractivity contribution in [3.8, 4) is 11.1 Å². The van der Waals surface area contributed by atoms with E-state index in [1.807, 2.05) is 24.3 Å². The Balaban J connectivity index is 1.46. The van der Waals surface area contributed by atoms with Gasteiger partial charge >= 0.3 is 5.97 Å². The average Bonchev–Trinajstić information content (AvgIpc) is 3.03. The quantitative estimate of drug-likeness (QED) is 0.418. The molecule has 1 saturated heterocycles. The summed E-state index contributed by atoms with van der Waals surface area (Å²) in [6.07, 6.45) is -7.45. The lowest BCUT2D eigenvalue weighted by molar-refractivity contribution is -0.287. The number of hydrogen-bond acceptors (Lipinski definition) is 7. The molecule has 1 heterocycles. The van der Waals surface area contributed by atoms with Gasteiger partial charge in [-0.15, -0.1) is 0 Å². The number of aliphatic hydroxyl groups excluding tert-OH is 3. The first-order chi connectivity index (χ1) is 13.0. The fourth-order valence-corrected chi connectivity index (χ4v) is 3.48. The van der Waals surface area contributed by atoms with E-state index >= 15 is 0 Å². The van der Waals surface area contributed by atoms with E-state index in [1.54, 1.807) is 6.07 Å². The van der Waals surface area contributed by atoms with E-state index in [4.69, 9.17) is 14.7 Å².